The van der Waals surface area contributed by atoms with Gasteiger partial charge in [0.1, 0.15) is 21.5 Å². The summed E-state index contributed by atoms with van der Waals surface area (Å²) in [5.74, 6) is 1.14. The predicted molar refractivity (Wildman–Crippen MR) is 136 cm³/mol. The summed E-state index contributed by atoms with van der Waals surface area (Å²) < 4.78 is 19.0. The number of piperazine rings is 1. The molecule has 1 aliphatic rings. The zero-order valence-corrected chi connectivity index (χ0v) is 22.2. The third kappa shape index (κ3) is 4.90. The monoisotopic (exact) mass is 550 g/mol. The number of ether oxygens (including phenoxy) is 3. The number of carbonyl (C=O) groups is 1. The first-order chi connectivity index (χ1) is 16.1. The van der Waals surface area contributed by atoms with E-state index in [1.54, 1.807) is 25.2 Å². The van der Waals surface area contributed by atoms with Gasteiger partial charge in [-0.1, -0.05) is 11.6 Å². The fourth-order valence-corrected chi connectivity index (χ4v) is 4.73. The van der Waals surface area contributed by atoms with Crippen LogP contribution in [0.4, 0.5) is 10.5 Å². The van der Waals surface area contributed by atoms with Crippen molar-refractivity contribution in [3.05, 3.63) is 40.1 Å². The molecule has 0 unspecified atom stereocenters. The number of benzene rings is 1. The number of imidazole rings is 1. The zero-order valence-electron chi connectivity index (χ0n) is 19.9. The Morgan fingerprint density at radius 1 is 1.06 bits per heavy atom. The fraction of sp³-hybridized carbons (Fsp3) is 0.417. The lowest BCUT2D eigenvalue weighted by Crippen LogP contribution is -2.50. The molecule has 10 heteroatoms. The average Bonchev–Trinajstić information content (AvgIpc) is 3.13. The molecule has 1 saturated heterocycles. The lowest BCUT2D eigenvalue weighted by Gasteiger charge is -2.36. The quantitative estimate of drug-likeness (QED) is 0.427. The molecular formula is C24H28BrClN4O4. The summed E-state index contributed by atoms with van der Waals surface area (Å²) in [5, 5.41) is 0.514. The third-order valence-corrected chi connectivity index (χ3v) is 6.65. The van der Waals surface area contributed by atoms with Crippen LogP contribution in [-0.4, -0.2) is 66.4 Å². The predicted octanol–water partition coefficient (Wildman–Crippen LogP) is 5.49. The maximum Gasteiger partial charge on any atom is 0.410 e. The molecule has 1 fully saturated rings. The van der Waals surface area contributed by atoms with Crippen LogP contribution in [0.3, 0.4) is 0 Å². The minimum Gasteiger partial charge on any atom is -0.493 e. The lowest BCUT2D eigenvalue weighted by molar-refractivity contribution is 0.0240. The van der Waals surface area contributed by atoms with Gasteiger partial charge in [0.15, 0.2) is 11.5 Å². The molecule has 0 atom stereocenters. The summed E-state index contributed by atoms with van der Waals surface area (Å²) in [4.78, 5) is 21.2. The lowest BCUT2D eigenvalue weighted by atomic mass is 10.1. The number of pyridine rings is 1. The highest BCUT2D eigenvalue weighted by molar-refractivity contribution is 9.10. The second-order valence-electron chi connectivity index (χ2n) is 9.01. The van der Waals surface area contributed by atoms with Crippen molar-refractivity contribution in [1.82, 2.24) is 14.3 Å². The Morgan fingerprint density at radius 3 is 2.32 bits per heavy atom. The van der Waals surface area contributed by atoms with Crippen LogP contribution in [0.25, 0.3) is 16.9 Å². The van der Waals surface area contributed by atoms with Crippen molar-refractivity contribution in [3.8, 4) is 22.8 Å². The highest BCUT2D eigenvalue weighted by Gasteiger charge is 2.26. The summed E-state index contributed by atoms with van der Waals surface area (Å²) in [5.41, 5.74) is 2.76. The second kappa shape index (κ2) is 9.54. The van der Waals surface area contributed by atoms with E-state index < -0.39 is 5.60 Å². The third-order valence-electron chi connectivity index (χ3n) is 5.58. The molecule has 2 aromatic heterocycles. The molecule has 3 heterocycles. The van der Waals surface area contributed by atoms with Crippen LogP contribution >= 0.6 is 27.5 Å². The van der Waals surface area contributed by atoms with E-state index in [0.29, 0.717) is 48.4 Å². The van der Waals surface area contributed by atoms with E-state index >= 15 is 0 Å². The molecule has 0 spiro atoms. The van der Waals surface area contributed by atoms with Gasteiger partial charge < -0.3 is 24.0 Å². The largest absolute Gasteiger partial charge is 0.493 e. The highest BCUT2D eigenvalue weighted by Crippen LogP contribution is 2.41. The summed E-state index contributed by atoms with van der Waals surface area (Å²) in [6.07, 6.45) is 1.70. The van der Waals surface area contributed by atoms with Gasteiger partial charge in [0.2, 0.25) is 0 Å². The average molecular weight is 552 g/mol. The molecule has 4 rings (SSSR count). The summed E-state index contributed by atoms with van der Waals surface area (Å²) in [6.45, 7) is 8.26. The minimum absolute atomic E-state index is 0.267. The van der Waals surface area contributed by atoms with Crippen molar-refractivity contribution >= 4 is 45.0 Å². The van der Waals surface area contributed by atoms with Gasteiger partial charge in [-0.3, -0.25) is 4.40 Å². The molecule has 0 N–H and O–H groups in total. The number of aromatic nitrogens is 2. The van der Waals surface area contributed by atoms with Crippen molar-refractivity contribution in [1.29, 1.82) is 0 Å². The zero-order chi connectivity index (χ0) is 24.6. The molecule has 0 aliphatic carbocycles. The number of fused-ring (bicyclic) bond motifs is 1. The van der Waals surface area contributed by atoms with E-state index in [0.717, 1.165) is 21.5 Å². The Bertz CT molecular complexity index is 1220. The molecule has 1 aromatic carbocycles. The standard InChI is InChI=1S/C24H28BrClN4O4/c1-24(2,3)34-23(31)29-10-8-28(9-11-29)15-6-7-30-20(12-15)27-21(22(30)25)16-13-18(32-4)19(33-5)14-17(16)26/h6-7,12-14H,8-11H2,1-5H3. The number of halogens is 2. The highest BCUT2D eigenvalue weighted by atomic mass is 79.9. The van der Waals surface area contributed by atoms with Gasteiger partial charge in [-0.2, -0.15) is 0 Å². The van der Waals surface area contributed by atoms with Crippen LogP contribution in [0.2, 0.25) is 5.02 Å². The van der Waals surface area contributed by atoms with E-state index in [-0.39, 0.29) is 6.09 Å². The molecule has 1 aliphatic heterocycles. The first-order valence-corrected chi connectivity index (χ1v) is 12.1. The number of carbonyl (C=O) groups excluding carboxylic acids is 1. The molecule has 3 aromatic rings. The van der Waals surface area contributed by atoms with Gasteiger partial charge in [-0.25, -0.2) is 9.78 Å². The van der Waals surface area contributed by atoms with Crippen LogP contribution in [-0.2, 0) is 4.74 Å². The van der Waals surface area contributed by atoms with Crippen LogP contribution in [0.15, 0.2) is 35.1 Å². The molecular weight excluding hydrogens is 524 g/mol. The number of amides is 1. The number of nitrogens with zero attached hydrogens (tertiary/aromatic N) is 4. The Balaban J connectivity index is 1.57. The van der Waals surface area contributed by atoms with Crippen LogP contribution in [0, 0.1) is 0 Å². The van der Waals surface area contributed by atoms with Gasteiger partial charge >= 0.3 is 6.09 Å². The van der Waals surface area contributed by atoms with E-state index in [9.17, 15) is 4.79 Å². The number of hydrogen-bond donors (Lipinski definition) is 0. The number of hydrogen-bond acceptors (Lipinski definition) is 6. The molecule has 0 bridgehead atoms. The van der Waals surface area contributed by atoms with Gasteiger partial charge in [0.05, 0.1) is 19.2 Å². The van der Waals surface area contributed by atoms with E-state index in [2.05, 4.69) is 20.8 Å². The van der Waals surface area contributed by atoms with Crippen LogP contribution in [0.1, 0.15) is 20.8 Å². The number of methoxy groups -OCH3 is 2. The molecule has 1 amide bonds. The Morgan fingerprint density at radius 2 is 1.71 bits per heavy atom. The van der Waals surface area contributed by atoms with Crippen LogP contribution < -0.4 is 14.4 Å². The SMILES string of the molecule is COc1cc(Cl)c(-c2nc3cc(N4CCN(C(=O)OC(C)(C)C)CC4)ccn3c2Br)cc1OC. The Hall–Kier alpha value is -2.65. The van der Waals surface area contributed by atoms with Crippen molar-refractivity contribution in [2.24, 2.45) is 0 Å². The van der Waals surface area contributed by atoms with Crippen molar-refractivity contribution in [3.63, 3.8) is 0 Å². The van der Waals surface area contributed by atoms with Gasteiger partial charge in [-0.15, -0.1) is 0 Å². The summed E-state index contributed by atoms with van der Waals surface area (Å²) in [7, 11) is 3.16. The van der Waals surface area contributed by atoms with Gasteiger partial charge in [0, 0.05) is 55.8 Å². The normalized spacial score (nSPS) is 14.4. The van der Waals surface area contributed by atoms with E-state index in [1.165, 1.54) is 0 Å². The fourth-order valence-electron chi connectivity index (χ4n) is 3.88. The van der Waals surface area contributed by atoms with E-state index in [1.807, 2.05) is 49.6 Å². The van der Waals surface area contributed by atoms with Crippen molar-refractivity contribution in [2.75, 3.05) is 45.3 Å². The van der Waals surface area contributed by atoms with Crippen molar-refractivity contribution in [2.45, 2.75) is 26.4 Å². The van der Waals surface area contributed by atoms with E-state index in [4.69, 9.17) is 30.8 Å². The Labute approximate surface area is 212 Å². The molecule has 182 valence electrons. The molecule has 34 heavy (non-hydrogen) atoms. The molecule has 0 saturated carbocycles. The smallest absolute Gasteiger partial charge is 0.410 e. The molecule has 0 radical (unpaired) electrons. The topological polar surface area (TPSA) is 68.5 Å². The second-order valence-corrected chi connectivity index (χ2v) is 10.2. The number of rotatable bonds is 4. The summed E-state index contributed by atoms with van der Waals surface area (Å²) >= 11 is 10.2. The van der Waals surface area contributed by atoms with Crippen LogP contribution in [0.5, 0.6) is 11.5 Å². The molecule has 8 nitrogen and oxygen atoms in total. The van der Waals surface area contributed by atoms with Gasteiger partial charge in [-0.05, 0) is 48.8 Å². The first-order valence-electron chi connectivity index (χ1n) is 10.9. The number of anilines is 1. The van der Waals surface area contributed by atoms with Crippen molar-refractivity contribution < 1.29 is 19.0 Å². The maximum atomic E-state index is 12.4. The minimum atomic E-state index is -0.498. The van der Waals surface area contributed by atoms with Gasteiger partial charge in [0.25, 0.3) is 0 Å². The maximum absolute atomic E-state index is 12.4. The first kappa shape index (κ1) is 24.5. The summed E-state index contributed by atoms with van der Waals surface area (Å²) in [6, 6.07) is 7.63. The Kier molecular flexibility index (Phi) is 6.87.